The van der Waals surface area contributed by atoms with E-state index in [2.05, 4.69) is 18.2 Å². The Balaban J connectivity index is 2.01. The van der Waals surface area contributed by atoms with Gasteiger partial charge in [0.2, 0.25) is 17.4 Å². The minimum absolute atomic E-state index is 0.333. The van der Waals surface area contributed by atoms with Crippen LogP contribution in [0.15, 0.2) is 12.1 Å². The fraction of sp³-hybridized carbons (Fsp3) is 0.545. The van der Waals surface area contributed by atoms with Crippen LogP contribution in [0.2, 0.25) is 0 Å². The monoisotopic (exact) mass is 422 g/mol. The van der Waals surface area contributed by atoms with E-state index in [1.54, 1.807) is 12.1 Å². The number of hydrogen-bond acceptors (Lipinski definition) is 9. The molecule has 4 fully saturated rings. The lowest BCUT2D eigenvalue weighted by atomic mass is 9.48. The topological polar surface area (TPSA) is 141 Å². The van der Waals surface area contributed by atoms with Crippen LogP contribution in [-0.4, -0.2) is 33.0 Å². The molecule has 0 amide bonds. The van der Waals surface area contributed by atoms with Crippen LogP contribution in [0, 0.1) is 56.2 Å². The summed E-state index contributed by atoms with van der Waals surface area (Å²) in [4.78, 5) is 0. The first-order valence-electron chi connectivity index (χ1n) is 9.93. The third-order valence-corrected chi connectivity index (χ3v) is 6.81. The average molecular weight is 422 g/mol. The van der Waals surface area contributed by atoms with Crippen LogP contribution in [0.1, 0.15) is 37.4 Å². The molecule has 0 aromatic heterocycles. The van der Waals surface area contributed by atoms with Gasteiger partial charge in [-0.05, 0) is 30.5 Å². The highest BCUT2D eigenvalue weighted by Gasteiger charge is 2.80. The molecule has 0 radical (unpaired) electrons. The van der Waals surface area contributed by atoms with Crippen LogP contribution in [0.3, 0.4) is 0 Å². The second-order valence-electron chi connectivity index (χ2n) is 7.95. The molecule has 1 saturated carbocycles. The summed E-state index contributed by atoms with van der Waals surface area (Å²) in [6.45, 7) is 0. The van der Waals surface area contributed by atoms with E-state index >= 15 is 0 Å². The summed E-state index contributed by atoms with van der Waals surface area (Å²) in [5.74, 6) is -1.35. The summed E-state index contributed by atoms with van der Waals surface area (Å²) in [5, 5.41) is 39.5. The quantitative estimate of drug-likeness (QED) is 0.779. The second-order valence-corrected chi connectivity index (χ2v) is 7.95. The molecule has 9 heteroatoms. The first-order chi connectivity index (χ1) is 14.9. The Morgan fingerprint density at radius 2 is 1.65 bits per heavy atom. The van der Waals surface area contributed by atoms with Crippen molar-refractivity contribution in [2.24, 2.45) is 16.7 Å². The average Bonchev–Trinajstić information content (AvgIpc) is 2.81. The van der Waals surface area contributed by atoms with E-state index < -0.39 is 34.5 Å². The van der Waals surface area contributed by atoms with Crippen LogP contribution in [0.4, 0.5) is 0 Å². The van der Waals surface area contributed by atoms with Crippen molar-refractivity contribution in [2.75, 3.05) is 21.3 Å². The van der Waals surface area contributed by atoms with Crippen molar-refractivity contribution in [3.63, 3.8) is 0 Å². The molecule has 5 rings (SSSR count). The number of hydrogen-bond donors (Lipinski definition) is 1. The van der Waals surface area contributed by atoms with E-state index in [-0.39, 0.29) is 0 Å². The number of fused-ring (bicyclic) bond motifs is 2. The number of nitrogens with one attached hydrogen (secondary N) is 1. The number of methoxy groups -OCH3 is 3. The van der Waals surface area contributed by atoms with E-state index in [1.807, 2.05) is 0 Å². The summed E-state index contributed by atoms with van der Waals surface area (Å²) in [6.07, 6.45) is 1.36. The summed E-state index contributed by atoms with van der Waals surface area (Å²) >= 11 is 0. The number of ether oxygens (including phenoxy) is 5. The molecule has 1 N–H and O–H groups in total. The summed E-state index contributed by atoms with van der Waals surface area (Å²) in [5.41, 5.74) is -3.33. The molecule has 31 heavy (non-hydrogen) atoms. The number of nitrogens with zero attached hydrogens (tertiary/aromatic N) is 3. The SMILES string of the molecule is COc1cc([C@H]2O[C@]34CCCC[C@@H]3C(C#N)(C#N)[C@@]2(C#N)C(=N)O4)cc(OC)c1OC. The van der Waals surface area contributed by atoms with Crippen molar-refractivity contribution in [3.05, 3.63) is 17.7 Å². The van der Waals surface area contributed by atoms with Crippen LogP contribution >= 0.6 is 0 Å². The molecule has 160 valence electrons. The maximum Gasteiger partial charge on any atom is 0.218 e. The largest absolute Gasteiger partial charge is 0.493 e. The molecular formula is C22H22N4O5. The Labute approximate surface area is 180 Å². The molecule has 3 heterocycles. The Bertz CT molecular complexity index is 1030. The van der Waals surface area contributed by atoms with Gasteiger partial charge in [0.15, 0.2) is 22.3 Å². The highest BCUT2D eigenvalue weighted by atomic mass is 16.7. The molecule has 3 saturated heterocycles. The number of rotatable bonds is 4. The lowest BCUT2D eigenvalue weighted by Gasteiger charge is -2.63. The van der Waals surface area contributed by atoms with Crippen molar-refractivity contribution in [1.82, 2.24) is 0 Å². The molecular weight excluding hydrogens is 400 g/mol. The van der Waals surface area contributed by atoms with E-state index in [4.69, 9.17) is 29.1 Å². The molecule has 3 aliphatic heterocycles. The van der Waals surface area contributed by atoms with Crippen molar-refractivity contribution >= 4 is 5.90 Å². The molecule has 4 aliphatic rings. The van der Waals surface area contributed by atoms with Gasteiger partial charge in [-0.15, -0.1) is 0 Å². The fourth-order valence-corrected chi connectivity index (χ4v) is 5.39. The summed E-state index contributed by atoms with van der Waals surface area (Å²) < 4.78 is 28.6. The van der Waals surface area contributed by atoms with Gasteiger partial charge >= 0.3 is 0 Å². The van der Waals surface area contributed by atoms with Crippen LogP contribution < -0.4 is 14.2 Å². The normalized spacial score (nSPS) is 32.5. The first kappa shape index (κ1) is 20.8. The van der Waals surface area contributed by atoms with Gasteiger partial charge in [0.1, 0.15) is 6.10 Å². The van der Waals surface area contributed by atoms with Crippen molar-refractivity contribution < 1.29 is 23.7 Å². The predicted molar refractivity (Wildman–Crippen MR) is 105 cm³/mol. The van der Waals surface area contributed by atoms with E-state index in [1.165, 1.54) is 21.3 Å². The highest BCUT2D eigenvalue weighted by molar-refractivity contribution is 5.89. The third kappa shape index (κ3) is 2.34. The lowest BCUT2D eigenvalue weighted by molar-refractivity contribution is -0.360. The Kier molecular flexibility index (Phi) is 4.72. The second kappa shape index (κ2) is 7.04. The number of benzene rings is 1. The van der Waals surface area contributed by atoms with Gasteiger partial charge < -0.3 is 23.7 Å². The van der Waals surface area contributed by atoms with Gasteiger partial charge in [0.25, 0.3) is 0 Å². The van der Waals surface area contributed by atoms with Gasteiger partial charge in [0, 0.05) is 6.42 Å². The Morgan fingerprint density at radius 1 is 1.00 bits per heavy atom. The van der Waals surface area contributed by atoms with Crippen molar-refractivity contribution in [3.8, 4) is 35.5 Å². The highest BCUT2D eigenvalue weighted by Crippen LogP contribution is 2.69. The lowest BCUT2D eigenvalue weighted by Crippen LogP contribution is -2.73. The van der Waals surface area contributed by atoms with Gasteiger partial charge in [-0.25, -0.2) is 0 Å². The predicted octanol–water partition coefficient (Wildman–Crippen LogP) is 3.22. The summed E-state index contributed by atoms with van der Waals surface area (Å²) in [6, 6.07) is 9.58. The zero-order valence-corrected chi connectivity index (χ0v) is 17.5. The van der Waals surface area contributed by atoms with E-state index in [9.17, 15) is 15.8 Å². The van der Waals surface area contributed by atoms with Gasteiger partial charge in [-0.2, -0.15) is 15.8 Å². The molecule has 1 aromatic rings. The van der Waals surface area contributed by atoms with Crippen LogP contribution in [-0.2, 0) is 9.47 Å². The molecule has 2 bridgehead atoms. The zero-order chi connectivity index (χ0) is 22.4. The molecule has 9 nitrogen and oxygen atoms in total. The zero-order valence-electron chi connectivity index (χ0n) is 17.5. The number of nitriles is 3. The molecule has 1 aliphatic carbocycles. The van der Waals surface area contributed by atoms with Crippen molar-refractivity contribution in [2.45, 2.75) is 37.6 Å². The maximum atomic E-state index is 10.4. The summed E-state index contributed by atoms with van der Waals surface area (Å²) in [7, 11) is 4.40. The van der Waals surface area contributed by atoms with Crippen LogP contribution in [0.5, 0.6) is 17.2 Å². The standard InChI is InChI=1S/C22H22N4O5/c1-27-14-8-13(9-15(28-2)17(14)29-3)18-21(12-25)19(26)31-22(30-18)7-5-4-6-16(22)20(21,10-23)11-24/h8-9,16,18,26H,4-7H2,1-3H3/t16-,18-,21-,22+/m1/s1. The van der Waals surface area contributed by atoms with Gasteiger partial charge in [0.05, 0.1) is 45.5 Å². The molecule has 1 aromatic carbocycles. The van der Waals surface area contributed by atoms with Crippen LogP contribution in [0.25, 0.3) is 0 Å². The third-order valence-electron chi connectivity index (χ3n) is 6.81. The Morgan fingerprint density at radius 3 is 2.16 bits per heavy atom. The molecule has 1 spiro atoms. The maximum absolute atomic E-state index is 10.4. The van der Waals surface area contributed by atoms with Crippen molar-refractivity contribution in [1.29, 1.82) is 21.2 Å². The Hall–Kier alpha value is -3.48. The molecule has 4 atom stereocenters. The van der Waals surface area contributed by atoms with E-state index in [0.29, 0.717) is 35.7 Å². The minimum Gasteiger partial charge on any atom is -0.493 e. The smallest absolute Gasteiger partial charge is 0.218 e. The first-order valence-corrected chi connectivity index (χ1v) is 9.93. The fourth-order valence-electron chi connectivity index (χ4n) is 5.39. The van der Waals surface area contributed by atoms with Gasteiger partial charge in [-0.3, -0.25) is 5.41 Å². The van der Waals surface area contributed by atoms with E-state index in [0.717, 1.165) is 12.8 Å². The van der Waals surface area contributed by atoms with Gasteiger partial charge in [-0.1, -0.05) is 6.42 Å². The minimum atomic E-state index is -1.95. The molecule has 0 unspecified atom stereocenters.